The molecule has 0 fully saturated rings. The molecule has 16 heteroatoms. The molecule has 2 aliphatic rings. The molecule has 0 unspecified atom stereocenters. The van der Waals surface area contributed by atoms with Crippen LogP contribution >= 0.6 is 0 Å². The number of aromatic nitrogens is 8. The molecule has 76 heavy (non-hydrogen) atoms. The molecule has 0 amide bonds. The van der Waals surface area contributed by atoms with E-state index < -0.39 is 17.5 Å². The highest BCUT2D eigenvalue weighted by atomic mass is 19.2. The zero-order chi connectivity index (χ0) is 51.9. The van der Waals surface area contributed by atoms with Crippen LogP contribution in [0.1, 0.15) is 22.3 Å². The highest BCUT2D eigenvalue weighted by Gasteiger charge is 2.27. The van der Waals surface area contributed by atoms with Crippen LogP contribution in [0.4, 0.5) is 57.4 Å². The number of rotatable bonds is 8. The number of fused-ring (bicyclic) bond motifs is 20. The van der Waals surface area contributed by atoms with Crippen LogP contribution < -0.4 is 21.4 Å². The summed E-state index contributed by atoms with van der Waals surface area (Å²) in [6.45, 7) is 6.85. The predicted molar refractivity (Wildman–Crippen MR) is 293 cm³/mol. The molecule has 8 aromatic carbocycles. The average Bonchev–Trinajstić information content (AvgIpc) is 4.24. The molecule has 5 heterocycles. The number of H-pyrrole nitrogens is 1. The van der Waals surface area contributed by atoms with Crippen LogP contribution in [0, 0.1) is 51.0 Å². The van der Waals surface area contributed by atoms with E-state index in [0.29, 0.717) is 118 Å². The summed E-state index contributed by atoms with van der Waals surface area (Å²) in [5, 5.41) is 13.2. The first kappa shape index (κ1) is 45.9. The fourth-order valence-corrected chi connectivity index (χ4v) is 9.87. The van der Waals surface area contributed by atoms with E-state index in [1.807, 2.05) is 110 Å². The van der Waals surface area contributed by atoms with Crippen LogP contribution in [-0.4, -0.2) is 39.6 Å². The molecule has 0 saturated heterocycles. The summed E-state index contributed by atoms with van der Waals surface area (Å²) in [5.41, 5.74) is 12.7. The van der Waals surface area contributed by atoms with Crippen molar-refractivity contribution in [1.82, 2.24) is 39.6 Å². The molecule has 0 spiro atoms. The lowest BCUT2D eigenvalue weighted by Gasteiger charge is -2.22. The van der Waals surface area contributed by atoms with Crippen molar-refractivity contribution in [2.24, 2.45) is 0 Å². The van der Waals surface area contributed by atoms with Crippen LogP contribution in [0.5, 0.6) is 0 Å². The number of halogens is 4. The molecule has 3 aromatic heterocycles. The van der Waals surface area contributed by atoms with Crippen molar-refractivity contribution < 1.29 is 17.6 Å². The maximum Gasteiger partial charge on any atom is 0.164 e. The van der Waals surface area contributed by atoms with Crippen molar-refractivity contribution >= 4 is 83.9 Å². The standard InChI is InChI=1S/C60H42F4N12/c1-30-15-5-12-24-44(30)66-52-49-40(29-48(65-46-28-27-43(63)50(64)33(46)4)51(52)67-45-25-13-22-41(61)31(45)2)57-70-53-34-16-6-8-18-36(34)55(68-53)73-59-38-20-10-11-21-39(38)60(76(59)75-47-26-14-23-42(62)32(47)3)74-56-37-19-9-7-17-35(37)54(69-56)71-58(49)72-57/h5-29,65-67,75H,1-4H3,(H,68,69,70,71,72,73,74). The van der Waals surface area contributed by atoms with Gasteiger partial charge in [0.2, 0.25) is 0 Å². The van der Waals surface area contributed by atoms with Crippen LogP contribution in [0.25, 0.3) is 89.7 Å². The Labute approximate surface area is 431 Å². The Balaban J connectivity index is 1.21. The van der Waals surface area contributed by atoms with Crippen molar-refractivity contribution in [3.05, 3.63) is 197 Å². The van der Waals surface area contributed by atoms with Gasteiger partial charge in [0.15, 0.2) is 46.2 Å². The maximum atomic E-state index is 15.5. The third kappa shape index (κ3) is 7.60. The Kier molecular flexibility index (Phi) is 10.8. The minimum atomic E-state index is -1.01. The molecule has 0 saturated carbocycles. The molecule has 5 N–H and O–H groups in total. The lowest BCUT2D eigenvalue weighted by Crippen LogP contribution is -2.11. The molecule has 12 nitrogen and oxygen atoms in total. The van der Waals surface area contributed by atoms with E-state index >= 15 is 13.2 Å². The lowest BCUT2D eigenvalue weighted by atomic mass is 10.1. The minimum Gasteiger partial charge on any atom is -0.353 e. The number of nitrogens with zero attached hydrogens (tertiary/aromatic N) is 7. The number of aryl methyl sites for hydroxylation is 1. The SMILES string of the molecule is Cc1ccccc1Nc1c(Nc2cccc(F)c2C)c(Nc2ccc(F)c(F)c2C)cc2c3nc4nc(nc5c6ccccc6c(nc6nc(nc([nH]3)c12)-c1ccccc1-6)n5Nc1cccc(F)c1C)-c1ccccc1-4. The van der Waals surface area contributed by atoms with Gasteiger partial charge in [-0.1, -0.05) is 103 Å². The molecule has 0 atom stereocenters. The fraction of sp³-hybridized carbons (Fsp3) is 0.0667. The van der Waals surface area contributed by atoms with Gasteiger partial charge < -0.3 is 20.9 Å². The van der Waals surface area contributed by atoms with Crippen LogP contribution in [0.15, 0.2) is 152 Å². The number of anilines is 7. The Hall–Kier alpha value is -9.96. The van der Waals surface area contributed by atoms with E-state index in [1.54, 1.807) is 42.8 Å². The van der Waals surface area contributed by atoms with Crippen molar-refractivity contribution in [3.8, 4) is 45.6 Å². The summed E-state index contributed by atoms with van der Waals surface area (Å²) in [4.78, 5) is 35.3. The fourth-order valence-electron chi connectivity index (χ4n) is 9.87. The lowest BCUT2D eigenvalue weighted by molar-refractivity contribution is 0.504. The molecule has 0 aliphatic carbocycles. The predicted octanol–water partition coefficient (Wildman–Crippen LogP) is 15.2. The van der Waals surface area contributed by atoms with E-state index in [4.69, 9.17) is 29.9 Å². The van der Waals surface area contributed by atoms with E-state index in [-0.39, 0.29) is 17.1 Å². The van der Waals surface area contributed by atoms with Gasteiger partial charge >= 0.3 is 0 Å². The minimum absolute atomic E-state index is 0.0414. The third-order valence-electron chi connectivity index (χ3n) is 14.0. The number of hydrogen-bond acceptors (Lipinski definition) is 10. The molecule has 13 rings (SSSR count). The van der Waals surface area contributed by atoms with Gasteiger partial charge in [-0.25, -0.2) is 52.1 Å². The number of aromatic amines is 1. The summed E-state index contributed by atoms with van der Waals surface area (Å²) in [7, 11) is 0. The largest absolute Gasteiger partial charge is 0.353 e. The van der Waals surface area contributed by atoms with E-state index in [1.165, 1.54) is 25.1 Å². The topological polar surface area (TPSA) is 146 Å². The second-order valence-electron chi connectivity index (χ2n) is 18.7. The molecule has 8 bridgehead atoms. The molecule has 0 radical (unpaired) electrons. The van der Waals surface area contributed by atoms with Gasteiger partial charge in [0.25, 0.3) is 0 Å². The van der Waals surface area contributed by atoms with Gasteiger partial charge in [-0.15, -0.1) is 0 Å². The number of para-hydroxylation sites is 1. The van der Waals surface area contributed by atoms with E-state index in [0.717, 1.165) is 28.1 Å². The first-order chi connectivity index (χ1) is 37.0. The number of benzene rings is 8. The summed E-state index contributed by atoms with van der Waals surface area (Å²) >= 11 is 0. The van der Waals surface area contributed by atoms with Crippen molar-refractivity contribution in [2.45, 2.75) is 27.7 Å². The molecular formula is C60H42F4N12. The summed E-state index contributed by atoms with van der Waals surface area (Å²) in [6.07, 6.45) is 0. The third-order valence-corrected chi connectivity index (χ3v) is 14.0. The Bertz CT molecular complexity index is 4430. The molecular weight excluding hydrogens is 965 g/mol. The molecule has 11 aromatic rings. The van der Waals surface area contributed by atoms with Crippen molar-refractivity contribution in [1.29, 1.82) is 0 Å². The Morgan fingerprint density at radius 1 is 0.395 bits per heavy atom. The van der Waals surface area contributed by atoms with Crippen molar-refractivity contribution in [3.63, 3.8) is 0 Å². The van der Waals surface area contributed by atoms with Crippen molar-refractivity contribution in [2.75, 3.05) is 21.4 Å². The maximum absolute atomic E-state index is 15.5. The summed E-state index contributed by atoms with van der Waals surface area (Å²) in [5.74, 6) is -1.46. The first-order valence-electron chi connectivity index (χ1n) is 24.4. The highest BCUT2D eigenvalue weighted by molar-refractivity contribution is 6.19. The van der Waals surface area contributed by atoms with Crippen LogP contribution in [-0.2, 0) is 0 Å². The number of hydrogen-bond donors (Lipinski definition) is 5. The zero-order valence-corrected chi connectivity index (χ0v) is 41.1. The first-order valence-corrected chi connectivity index (χ1v) is 24.4. The normalized spacial score (nSPS) is 11.7. The Morgan fingerprint density at radius 3 is 1.51 bits per heavy atom. The van der Waals surface area contributed by atoms with Crippen LogP contribution in [0.3, 0.4) is 0 Å². The molecule has 370 valence electrons. The summed E-state index contributed by atoms with van der Waals surface area (Å²) in [6, 6.07) is 44.8. The second-order valence-corrected chi connectivity index (χ2v) is 18.7. The molecule has 2 aliphatic heterocycles. The quantitative estimate of drug-likeness (QED) is 0.0933. The van der Waals surface area contributed by atoms with Gasteiger partial charge in [0.05, 0.1) is 28.1 Å². The van der Waals surface area contributed by atoms with E-state index in [2.05, 4.69) is 26.4 Å². The number of nitrogens with one attached hydrogen (secondary N) is 5. The Morgan fingerprint density at radius 2 is 0.895 bits per heavy atom. The van der Waals surface area contributed by atoms with Gasteiger partial charge in [0, 0.05) is 72.2 Å². The summed E-state index contributed by atoms with van der Waals surface area (Å²) < 4.78 is 62.7. The van der Waals surface area contributed by atoms with Crippen LogP contribution in [0.2, 0.25) is 0 Å². The van der Waals surface area contributed by atoms with Gasteiger partial charge in [0.1, 0.15) is 22.9 Å². The van der Waals surface area contributed by atoms with Gasteiger partial charge in [-0.3, -0.25) is 5.43 Å². The van der Waals surface area contributed by atoms with Gasteiger partial charge in [-0.05, 0) is 81.8 Å². The average molecular weight is 1010 g/mol. The van der Waals surface area contributed by atoms with Gasteiger partial charge in [-0.2, -0.15) is 0 Å². The highest BCUT2D eigenvalue weighted by Crippen LogP contribution is 2.47. The monoisotopic (exact) mass is 1010 g/mol. The smallest absolute Gasteiger partial charge is 0.164 e. The zero-order valence-electron chi connectivity index (χ0n) is 41.1. The second kappa shape index (κ2) is 17.9. The van der Waals surface area contributed by atoms with E-state index in [9.17, 15) is 4.39 Å².